The molecule has 14 heteroatoms. The van der Waals surface area contributed by atoms with Gasteiger partial charge < -0.3 is 30.6 Å². The van der Waals surface area contributed by atoms with Crippen molar-refractivity contribution >= 4 is 42.4 Å². The van der Waals surface area contributed by atoms with E-state index in [9.17, 15) is 4.79 Å². The summed E-state index contributed by atoms with van der Waals surface area (Å²) in [6.45, 7) is 4.98. The molecule has 0 spiro atoms. The molecular formula is C23H30Cl2N8O4. The predicted molar refractivity (Wildman–Crippen MR) is 143 cm³/mol. The van der Waals surface area contributed by atoms with Gasteiger partial charge in [0.05, 0.1) is 38.2 Å². The number of carbonyl (C=O) groups excluding carboxylic acids is 1. The molecule has 12 nitrogen and oxygen atoms in total. The summed E-state index contributed by atoms with van der Waals surface area (Å²) >= 11 is 0. The molecule has 1 amide bonds. The molecule has 0 saturated carbocycles. The highest BCUT2D eigenvalue weighted by atomic mass is 35.5. The quantitative estimate of drug-likeness (QED) is 0.356. The summed E-state index contributed by atoms with van der Waals surface area (Å²) in [6.07, 6.45) is 6.51. The normalized spacial score (nSPS) is 16.2. The van der Waals surface area contributed by atoms with Gasteiger partial charge in [-0.25, -0.2) is 15.0 Å². The fraction of sp³-hybridized carbons (Fsp3) is 0.391. The van der Waals surface area contributed by atoms with Crippen LogP contribution in [0.2, 0.25) is 0 Å². The summed E-state index contributed by atoms with van der Waals surface area (Å²) in [6, 6.07) is 3.82. The molecule has 1 fully saturated rings. The highest BCUT2D eigenvalue weighted by Crippen LogP contribution is 2.45. The second kappa shape index (κ2) is 12.8. The highest BCUT2D eigenvalue weighted by molar-refractivity contribution is 5.94. The Labute approximate surface area is 226 Å². The van der Waals surface area contributed by atoms with Crippen LogP contribution in [0, 0.1) is 0 Å². The highest BCUT2D eigenvalue weighted by Gasteiger charge is 2.30. The van der Waals surface area contributed by atoms with E-state index < -0.39 is 6.29 Å². The van der Waals surface area contributed by atoms with Crippen LogP contribution in [0.3, 0.4) is 0 Å². The van der Waals surface area contributed by atoms with E-state index >= 15 is 0 Å². The average Bonchev–Trinajstić information content (AvgIpc) is 3.38. The Bertz CT molecular complexity index is 1190. The number of imidazole rings is 1. The topological polar surface area (TPSA) is 142 Å². The summed E-state index contributed by atoms with van der Waals surface area (Å²) in [7, 11) is 1.60. The molecule has 0 radical (unpaired) electrons. The number of aromatic nitrogens is 4. The monoisotopic (exact) mass is 552 g/mol. The number of fused-ring (bicyclic) bond motifs is 3. The lowest BCUT2D eigenvalue weighted by molar-refractivity contribution is 0.0357. The van der Waals surface area contributed by atoms with E-state index in [-0.39, 0.29) is 42.2 Å². The van der Waals surface area contributed by atoms with Crippen LogP contribution in [0.5, 0.6) is 11.5 Å². The Morgan fingerprint density at radius 2 is 1.97 bits per heavy atom. The number of nitrogen functional groups attached to an aromatic ring is 1. The van der Waals surface area contributed by atoms with Gasteiger partial charge in [-0.3, -0.25) is 14.3 Å². The van der Waals surface area contributed by atoms with Crippen molar-refractivity contribution in [2.24, 2.45) is 0 Å². The zero-order valence-corrected chi connectivity index (χ0v) is 21.9. The molecule has 0 bridgehead atoms. The fourth-order valence-electron chi connectivity index (χ4n) is 4.21. The van der Waals surface area contributed by atoms with Crippen LogP contribution in [0.1, 0.15) is 23.1 Å². The van der Waals surface area contributed by atoms with Crippen LogP contribution in [-0.2, 0) is 4.74 Å². The number of amides is 1. The van der Waals surface area contributed by atoms with Gasteiger partial charge in [0.25, 0.3) is 5.91 Å². The lowest BCUT2D eigenvalue weighted by Crippen LogP contribution is -2.39. The second-order valence-electron chi connectivity index (χ2n) is 8.18. The SMILES string of the molecule is COc1c(OCCCN2CCOCC2)ccc2c1NC(NC(=O)c1cnc(N)nc1)n1ccnc1-2.Cl.Cl. The first kappa shape index (κ1) is 28.3. The van der Waals surface area contributed by atoms with Gasteiger partial charge in [0.15, 0.2) is 17.8 Å². The Morgan fingerprint density at radius 1 is 1.22 bits per heavy atom. The molecule has 0 aliphatic carbocycles. The number of ether oxygens (including phenoxy) is 3. The van der Waals surface area contributed by atoms with Crippen LogP contribution in [0.15, 0.2) is 36.9 Å². The number of rotatable bonds is 8. The van der Waals surface area contributed by atoms with Crippen molar-refractivity contribution in [1.82, 2.24) is 29.7 Å². The molecule has 3 aromatic rings. The summed E-state index contributed by atoms with van der Waals surface area (Å²) in [5.41, 5.74) is 7.35. The standard InChI is InChI=1S/C23H28N8O4.2ClH/c1-33-19-17(35-10-2-6-30-8-11-34-12-9-30)4-3-16-18(19)28-23(31-7-5-25-20(16)31)29-21(32)15-13-26-22(24)27-14-15;;/h3-5,7,13-14,23,28H,2,6,8-12H2,1H3,(H,29,32)(H2,24,26,27);2*1H. The maximum atomic E-state index is 12.8. The Kier molecular flexibility index (Phi) is 9.75. The molecule has 4 heterocycles. The molecule has 1 atom stereocenters. The van der Waals surface area contributed by atoms with Gasteiger partial charge in [-0.05, 0) is 18.6 Å². The number of hydrogen-bond donors (Lipinski definition) is 3. The van der Waals surface area contributed by atoms with Crippen molar-refractivity contribution in [2.75, 3.05) is 57.6 Å². The number of halogens is 2. The third kappa shape index (κ3) is 6.16. The van der Waals surface area contributed by atoms with Crippen molar-refractivity contribution in [3.05, 3.63) is 42.5 Å². The number of methoxy groups -OCH3 is 1. The van der Waals surface area contributed by atoms with Gasteiger partial charge in [0, 0.05) is 50.0 Å². The lowest BCUT2D eigenvalue weighted by Gasteiger charge is -2.31. The molecule has 37 heavy (non-hydrogen) atoms. The maximum absolute atomic E-state index is 12.8. The van der Waals surface area contributed by atoms with E-state index in [4.69, 9.17) is 19.9 Å². The second-order valence-corrected chi connectivity index (χ2v) is 8.18. The minimum atomic E-state index is -0.615. The summed E-state index contributed by atoms with van der Waals surface area (Å²) in [4.78, 5) is 27.5. The number of morpholine rings is 1. The first-order chi connectivity index (χ1) is 17.1. The largest absolute Gasteiger partial charge is 0.491 e. The molecule has 2 aromatic heterocycles. The summed E-state index contributed by atoms with van der Waals surface area (Å²) in [5.74, 6) is 1.61. The van der Waals surface area contributed by atoms with E-state index in [1.165, 1.54) is 12.4 Å². The zero-order valence-electron chi connectivity index (χ0n) is 20.3. The van der Waals surface area contributed by atoms with Crippen LogP contribution in [0.25, 0.3) is 11.4 Å². The number of benzene rings is 1. The van der Waals surface area contributed by atoms with E-state index in [0.717, 1.165) is 44.8 Å². The van der Waals surface area contributed by atoms with Crippen LogP contribution < -0.4 is 25.8 Å². The molecule has 200 valence electrons. The van der Waals surface area contributed by atoms with Crippen molar-refractivity contribution in [3.63, 3.8) is 0 Å². The minimum absolute atomic E-state index is 0. The molecule has 5 rings (SSSR count). The molecule has 4 N–H and O–H groups in total. The van der Waals surface area contributed by atoms with Crippen LogP contribution in [0.4, 0.5) is 11.6 Å². The van der Waals surface area contributed by atoms with Gasteiger partial charge in [0.1, 0.15) is 5.82 Å². The van der Waals surface area contributed by atoms with Gasteiger partial charge >= 0.3 is 0 Å². The van der Waals surface area contributed by atoms with Crippen LogP contribution >= 0.6 is 24.8 Å². The number of nitrogens with zero attached hydrogens (tertiary/aromatic N) is 5. The molecule has 1 saturated heterocycles. The number of nitrogens with two attached hydrogens (primary N) is 1. The number of anilines is 2. The summed E-state index contributed by atoms with van der Waals surface area (Å²) in [5, 5.41) is 6.29. The van der Waals surface area contributed by atoms with E-state index in [2.05, 4.69) is 30.5 Å². The molecule has 1 unspecified atom stereocenters. The van der Waals surface area contributed by atoms with Gasteiger partial charge in [-0.1, -0.05) is 0 Å². The Hall–Kier alpha value is -3.32. The van der Waals surface area contributed by atoms with Gasteiger partial charge in [-0.2, -0.15) is 0 Å². The van der Waals surface area contributed by atoms with E-state index in [1.807, 2.05) is 16.7 Å². The van der Waals surface area contributed by atoms with Crippen molar-refractivity contribution < 1.29 is 19.0 Å². The minimum Gasteiger partial charge on any atom is -0.491 e. The van der Waals surface area contributed by atoms with Gasteiger partial charge in [-0.15, -0.1) is 24.8 Å². The molecule has 2 aliphatic rings. The third-order valence-electron chi connectivity index (χ3n) is 5.98. The smallest absolute Gasteiger partial charge is 0.257 e. The predicted octanol–water partition coefficient (Wildman–Crippen LogP) is 2.19. The van der Waals surface area contributed by atoms with E-state index in [1.54, 1.807) is 19.5 Å². The maximum Gasteiger partial charge on any atom is 0.257 e. The lowest BCUT2D eigenvalue weighted by atomic mass is 10.1. The van der Waals surface area contributed by atoms with Crippen molar-refractivity contribution in [3.8, 4) is 22.9 Å². The molecule has 1 aromatic carbocycles. The third-order valence-corrected chi connectivity index (χ3v) is 5.98. The van der Waals surface area contributed by atoms with Crippen molar-refractivity contribution in [1.29, 1.82) is 0 Å². The fourth-order valence-corrected chi connectivity index (χ4v) is 4.21. The van der Waals surface area contributed by atoms with Crippen LogP contribution in [-0.4, -0.2) is 76.9 Å². The molecular weight excluding hydrogens is 523 g/mol. The van der Waals surface area contributed by atoms with Gasteiger partial charge in [0.2, 0.25) is 5.95 Å². The van der Waals surface area contributed by atoms with E-state index in [0.29, 0.717) is 29.6 Å². The number of carbonyl (C=O) groups is 1. The average molecular weight is 553 g/mol. The molecule has 2 aliphatic heterocycles. The Balaban J connectivity index is 0.00000190. The Morgan fingerprint density at radius 3 is 2.70 bits per heavy atom. The van der Waals surface area contributed by atoms with Crippen molar-refractivity contribution in [2.45, 2.75) is 12.7 Å². The first-order valence-corrected chi connectivity index (χ1v) is 11.5. The number of hydrogen-bond acceptors (Lipinski definition) is 10. The first-order valence-electron chi connectivity index (χ1n) is 11.5. The zero-order chi connectivity index (χ0) is 24.2. The summed E-state index contributed by atoms with van der Waals surface area (Å²) < 4.78 is 19.1. The number of nitrogens with one attached hydrogen (secondary N) is 2.